The number of nitrogens with zero attached hydrogens (tertiary/aromatic N) is 2. The second kappa shape index (κ2) is 14.2. The van der Waals surface area contributed by atoms with Gasteiger partial charge in [-0.05, 0) is 178 Å². The number of benzene rings is 8. The van der Waals surface area contributed by atoms with E-state index in [1.165, 1.54) is 89.5 Å². The summed E-state index contributed by atoms with van der Waals surface area (Å²) < 4.78 is 0. The molecule has 8 aromatic carbocycles. The lowest BCUT2D eigenvalue weighted by molar-refractivity contribution is 0.330. The quantitative estimate of drug-likeness (QED) is 0.164. The molecule has 2 aliphatic heterocycles. The van der Waals surface area contributed by atoms with Crippen LogP contribution in [0.5, 0.6) is 0 Å². The summed E-state index contributed by atoms with van der Waals surface area (Å²) in [7, 11) is 0. The average Bonchev–Trinajstić information content (AvgIpc) is 3.95. The van der Waals surface area contributed by atoms with Gasteiger partial charge in [0.2, 0.25) is 0 Å². The van der Waals surface area contributed by atoms with Crippen LogP contribution in [-0.4, -0.2) is 11.1 Å². The van der Waals surface area contributed by atoms with E-state index in [-0.39, 0.29) is 32.7 Å². The van der Waals surface area contributed by atoms with Gasteiger partial charge >= 0.3 is 0 Å². The monoisotopic (exact) mass is 897 g/mol. The van der Waals surface area contributed by atoms with Gasteiger partial charge in [0.05, 0.1) is 16.5 Å². The van der Waals surface area contributed by atoms with Crippen molar-refractivity contribution in [2.45, 2.75) is 108 Å². The van der Waals surface area contributed by atoms with E-state index < -0.39 is 5.41 Å². The molecule has 2 nitrogen and oxygen atoms in total. The van der Waals surface area contributed by atoms with Gasteiger partial charge in [0.15, 0.2) is 0 Å². The summed E-state index contributed by atoms with van der Waals surface area (Å²) in [5.74, 6) is 0. The molecule has 13 rings (SSSR count). The number of hydrogen-bond acceptors (Lipinski definition) is 2. The molecule has 2 heteroatoms. The third kappa shape index (κ3) is 5.67. The maximum absolute atomic E-state index is 2.68. The minimum Gasteiger partial charge on any atom is -0.334 e. The lowest BCUT2D eigenvalue weighted by Crippen LogP contribution is -2.49. The first-order valence-corrected chi connectivity index (χ1v) is 25.5. The highest BCUT2D eigenvalue weighted by Gasteiger charge is 2.65. The average molecular weight is 897 g/mol. The van der Waals surface area contributed by atoms with Crippen molar-refractivity contribution in [2.24, 2.45) is 10.8 Å². The fraction of sp³-hybridized carbons (Fsp3) is 0.284. The van der Waals surface area contributed by atoms with Crippen LogP contribution in [-0.2, 0) is 16.2 Å². The first kappa shape index (κ1) is 42.5. The number of hydrogen-bond donors (Lipinski definition) is 0. The third-order valence-electron chi connectivity index (χ3n) is 18.6. The predicted octanol–water partition coefficient (Wildman–Crippen LogP) is 17.4. The van der Waals surface area contributed by atoms with E-state index in [1.54, 1.807) is 0 Å². The van der Waals surface area contributed by atoms with Crippen molar-refractivity contribution in [3.8, 4) is 33.4 Å². The Balaban J connectivity index is 1.000. The molecule has 2 fully saturated rings. The summed E-state index contributed by atoms with van der Waals surface area (Å²) >= 11 is 0. The van der Waals surface area contributed by atoms with E-state index in [0.717, 1.165) is 25.7 Å². The summed E-state index contributed by atoms with van der Waals surface area (Å²) in [5, 5.41) is 0. The van der Waals surface area contributed by atoms with E-state index in [9.17, 15) is 0 Å². The van der Waals surface area contributed by atoms with E-state index in [4.69, 9.17) is 0 Å². The minimum atomic E-state index is -0.484. The first-order chi connectivity index (χ1) is 33.1. The van der Waals surface area contributed by atoms with Gasteiger partial charge in [-0.3, -0.25) is 0 Å². The smallest absolute Gasteiger partial charge is 0.0713 e. The number of para-hydroxylation sites is 2. The van der Waals surface area contributed by atoms with Crippen LogP contribution in [0.2, 0.25) is 0 Å². The Bertz CT molecular complexity index is 3130. The predicted molar refractivity (Wildman–Crippen MR) is 289 cm³/mol. The van der Waals surface area contributed by atoms with Crippen LogP contribution in [0.1, 0.15) is 114 Å². The van der Waals surface area contributed by atoms with Crippen molar-refractivity contribution in [1.29, 1.82) is 0 Å². The SMILES string of the molecule is CC1(C)CC2(C)c3cc(-c4ccc5c(c4)-c4cc(-c6ccc7c(c6)C6(C)CC(C)(C)CC6(C)N7c6ccccc6)ccc4C5(c4ccccc4)c4ccccc4)ccc3N(c3ccccc3)C2(C)C1. The van der Waals surface area contributed by atoms with Crippen molar-refractivity contribution in [3.05, 3.63) is 228 Å². The van der Waals surface area contributed by atoms with E-state index in [1.807, 2.05) is 0 Å². The van der Waals surface area contributed by atoms with Gasteiger partial charge in [0.1, 0.15) is 0 Å². The zero-order valence-corrected chi connectivity index (χ0v) is 41.7. The fourth-order valence-corrected chi connectivity index (χ4v) is 16.2. The van der Waals surface area contributed by atoms with Gasteiger partial charge in [0, 0.05) is 33.6 Å². The zero-order chi connectivity index (χ0) is 47.3. The molecule has 0 N–H and O–H groups in total. The van der Waals surface area contributed by atoms with Gasteiger partial charge in [-0.1, -0.05) is 175 Å². The van der Waals surface area contributed by atoms with E-state index >= 15 is 0 Å². The second-order valence-corrected chi connectivity index (χ2v) is 24.1. The van der Waals surface area contributed by atoms with E-state index in [2.05, 4.69) is 259 Å². The Morgan fingerprint density at radius 3 is 1.03 bits per heavy atom. The standard InChI is InChI=1S/C67H64N2/c1-61(2)41-63(5)57-39-47(31-35-59(57)68(65(63,7)43-61)51-25-17-11-18-26-51)45-29-33-55-53(37-45)54-38-46(30-34-56(54)67(55,49-21-13-9-14-22-49)50-23-15-10-16-24-50)48-32-36-60-58(40-48)64(6)42-62(3,4)44-66(64,8)69(60)52-27-19-12-20-28-52/h9-40H,41-44H2,1-8H3. The van der Waals surface area contributed by atoms with Crippen LogP contribution >= 0.6 is 0 Å². The van der Waals surface area contributed by atoms with Crippen LogP contribution in [0.25, 0.3) is 33.4 Å². The van der Waals surface area contributed by atoms with Crippen LogP contribution in [0.15, 0.2) is 194 Å². The van der Waals surface area contributed by atoms with Crippen LogP contribution in [0.4, 0.5) is 22.7 Å². The maximum Gasteiger partial charge on any atom is 0.0713 e. The molecule has 8 aromatic rings. The van der Waals surface area contributed by atoms with E-state index in [0.29, 0.717) is 0 Å². The summed E-state index contributed by atoms with van der Waals surface area (Å²) in [6.07, 6.45) is 4.58. The zero-order valence-electron chi connectivity index (χ0n) is 41.7. The summed E-state index contributed by atoms with van der Waals surface area (Å²) in [6, 6.07) is 74.4. The summed E-state index contributed by atoms with van der Waals surface area (Å²) in [5.41, 5.74) is 21.1. The Hall–Kier alpha value is -6.64. The van der Waals surface area contributed by atoms with Crippen molar-refractivity contribution in [2.75, 3.05) is 9.80 Å². The summed E-state index contributed by atoms with van der Waals surface area (Å²) in [6.45, 7) is 20.0. The van der Waals surface area contributed by atoms with Crippen molar-refractivity contribution in [3.63, 3.8) is 0 Å². The van der Waals surface area contributed by atoms with Crippen molar-refractivity contribution in [1.82, 2.24) is 0 Å². The third-order valence-corrected chi connectivity index (χ3v) is 18.6. The lowest BCUT2D eigenvalue weighted by atomic mass is 9.67. The largest absolute Gasteiger partial charge is 0.334 e. The highest BCUT2D eigenvalue weighted by molar-refractivity contribution is 5.92. The fourth-order valence-electron chi connectivity index (χ4n) is 16.2. The molecule has 0 aromatic heterocycles. The minimum absolute atomic E-state index is 0.0115. The molecule has 4 unspecified atom stereocenters. The second-order valence-electron chi connectivity index (χ2n) is 24.1. The van der Waals surface area contributed by atoms with Gasteiger partial charge in [0.25, 0.3) is 0 Å². The maximum atomic E-state index is 2.68. The van der Waals surface area contributed by atoms with Crippen LogP contribution in [0.3, 0.4) is 0 Å². The molecular weight excluding hydrogens is 833 g/mol. The molecule has 0 radical (unpaired) electrons. The number of rotatable bonds is 6. The molecule has 342 valence electrons. The molecule has 2 saturated carbocycles. The Morgan fingerprint density at radius 1 is 0.319 bits per heavy atom. The molecule has 4 atom stereocenters. The topological polar surface area (TPSA) is 6.48 Å². The highest BCUT2D eigenvalue weighted by atomic mass is 15.3. The Morgan fingerprint density at radius 2 is 0.652 bits per heavy atom. The van der Waals surface area contributed by atoms with Crippen LogP contribution in [0, 0.1) is 10.8 Å². The molecule has 0 bridgehead atoms. The number of fused-ring (bicyclic) bond motifs is 9. The normalized spacial score (nSPS) is 26.0. The van der Waals surface area contributed by atoms with Gasteiger partial charge in [-0.15, -0.1) is 0 Å². The van der Waals surface area contributed by atoms with Crippen LogP contribution < -0.4 is 9.80 Å². The Kier molecular flexibility index (Phi) is 8.75. The highest BCUT2D eigenvalue weighted by Crippen LogP contribution is 2.69. The molecule has 0 saturated heterocycles. The molecule has 5 aliphatic rings. The van der Waals surface area contributed by atoms with Gasteiger partial charge in [-0.25, -0.2) is 0 Å². The first-order valence-electron chi connectivity index (χ1n) is 25.5. The molecule has 0 spiro atoms. The van der Waals surface area contributed by atoms with Gasteiger partial charge in [-0.2, -0.15) is 0 Å². The molecule has 2 heterocycles. The Labute approximate surface area is 410 Å². The lowest BCUT2D eigenvalue weighted by Gasteiger charge is -2.42. The van der Waals surface area contributed by atoms with Gasteiger partial charge < -0.3 is 9.80 Å². The molecular formula is C67H64N2. The molecule has 69 heavy (non-hydrogen) atoms. The van der Waals surface area contributed by atoms with Crippen molar-refractivity contribution < 1.29 is 0 Å². The summed E-state index contributed by atoms with van der Waals surface area (Å²) in [4.78, 5) is 5.37. The molecule has 3 aliphatic carbocycles. The molecule has 0 amide bonds. The number of anilines is 4. The van der Waals surface area contributed by atoms with Crippen molar-refractivity contribution >= 4 is 22.7 Å².